The molecule has 1 saturated carbocycles. The number of likely N-dealkylation sites (tertiary alicyclic amines) is 1. The van der Waals surface area contributed by atoms with E-state index in [0.717, 1.165) is 49.8 Å². The van der Waals surface area contributed by atoms with Crippen LogP contribution in [0.4, 0.5) is 0 Å². The molecule has 0 radical (unpaired) electrons. The number of nitrogens with one attached hydrogen (secondary N) is 2. The summed E-state index contributed by atoms with van der Waals surface area (Å²) in [5.74, 6) is 1.13. The fraction of sp³-hybridized carbons (Fsp3) is 0.609. The lowest BCUT2D eigenvalue weighted by atomic mass is 9.84. The molecule has 3 rings (SSSR count). The lowest BCUT2D eigenvalue weighted by Crippen LogP contribution is -2.49. The van der Waals surface area contributed by atoms with Gasteiger partial charge in [-0.05, 0) is 30.4 Å². The summed E-state index contributed by atoms with van der Waals surface area (Å²) in [6.45, 7) is 2.70. The fourth-order valence-electron chi connectivity index (χ4n) is 4.61. The Morgan fingerprint density at radius 1 is 1.13 bits per heavy atom. The summed E-state index contributed by atoms with van der Waals surface area (Å²) >= 11 is 0. The molecule has 31 heavy (non-hydrogen) atoms. The highest BCUT2D eigenvalue weighted by Crippen LogP contribution is 2.38. The topological polar surface area (TPSA) is 77.0 Å². The molecule has 0 atom stereocenters. The highest BCUT2D eigenvalue weighted by atomic mass is 127. The maximum atomic E-state index is 12.8. The number of nitrogens with zero attached hydrogens (tertiary/aromatic N) is 3. The molecule has 2 N–H and O–H groups in total. The second-order valence-corrected chi connectivity index (χ2v) is 8.65. The lowest BCUT2D eigenvalue weighted by molar-refractivity contribution is -0.138. The van der Waals surface area contributed by atoms with Crippen LogP contribution in [0.2, 0.25) is 0 Å². The van der Waals surface area contributed by atoms with Crippen molar-refractivity contribution in [1.82, 2.24) is 20.4 Å². The van der Waals surface area contributed by atoms with Gasteiger partial charge in [-0.15, -0.1) is 24.0 Å². The van der Waals surface area contributed by atoms with Crippen LogP contribution in [-0.4, -0.2) is 61.8 Å². The van der Waals surface area contributed by atoms with Crippen molar-refractivity contribution < 1.29 is 9.59 Å². The van der Waals surface area contributed by atoms with E-state index in [1.54, 1.807) is 11.9 Å². The van der Waals surface area contributed by atoms with Gasteiger partial charge < -0.3 is 20.4 Å². The minimum Gasteiger partial charge on any atom is -0.355 e. The van der Waals surface area contributed by atoms with Crippen molar-refractivity contribution in [2.75, 3.05) is 34.2 Å². The number of guanidine groups is 1. The number of benzene rings is 1. The molecule has 0 spiro atoms. The zero-order chi connectivity index (χ0) is 21.6. The van der Waals surface area contributed by atoms with Crippen molar-refractivity contribution in [1.29, 1.82) is 0 Å². The van der Waals surface area contributed by atoms with Crippen molar-refractivity contribution in [3.05, 3.63) is 35.4 Å². The van der Waals surface area contributed by atoms with Crippen LogP contribution in [0.25, 0.3) is 0 Å². The molecule has 2 fully saturated rings. The number of carbonyl (C=O) groups is 2. The summed E-state index contributed by atoms with van der Waals surface area (Å²) in [6.07, 6.45) is 5.63. The van der Waals surface area contributed by atoms with Crippen molar-refractivity contribution in [3.8, 4) is 0 Å². The number of hydrogen-bond acceptors (Lipinski definition) is 3. The number of aliphatic imine (C=N–C) groups is 1. The third kappa shape index (κ3) is 6.33. The Bertz CT molecular complexity index is 790. The maximum Gasteiger partial charge on any atom is 0.230 e. The Kier molecular flexibility index (Phi) is 9.58. The summed E-state index contributed by atoms with van der Waals surface area (Å²) in [5, 5.41) is 6.77. The molecule has 0 aromatic heterocycles. The SMILES string of the molecule is CN=C(NCc1ccccc1CN1CCCC1=O)NCC1(C(=O)N(C)C)CCCC1.I. The predicted molar refractivity (Wildman–Crippen MR) is 134 cm³/mol. The van der Waals surface area contributed by atoms with E-state index in [9.17, 15) is 9.59 Å². The molecule has 0 bridgehead atoms. The molecule has 1 aliphatic carbocycles. The minimum atomic E-state index is -0.338. The molecule has 172 valence electrons. The van der Waals surface area contributed by atoms with Gasteiger partial charge in [-0.3, -0.25) is 14.6 Å². The first-order valence-electron chi connectivity index (χ1n) is 11.0. The van der Waals surface area contributed by atoms with Crippen LogP contribution in [0.3, 0.4) is 0 Å². The normalized spacial score (nSPS) is 18.0. The van der Waals surface area contributed by atoms with Gasteiger partial charge in [0, 0.05) is 53.7 Å². The van der Waals surface area contributed by atoms with E-state index in [4.69, 9.17) is 0 Å². The Morgan fingerprint density at radius 2 is 1.81 bits per heavy atom. The van der Waals surface area contributed by atoms with Crippen LogP contribution < -0.4 is 10.6 Å². The smallest absolute Gasteiger partial charge is 0.230 e. The average Bonchev–Trinajstić information content (AvgIpc) is 3.38. The third-order valence-electron chi connectivity index (χ3n) is 6.34. The van der Waals surface area contributed by atoms with Gasteiger partial charge >= 0.3 is 0 Å². The fourth-order valence-corrected chi connectivity index (χ4v) is 4.61. The molecule has 1 saturated heterocycles. The first-order valence-corrected chi connectivity index (χ1v) is 11.0. The second kappa shape index (κ2) is 11.7. The molecule has 8 heteroatoms. The van der Waals surface area contributed by atoms with Crippen LogP contribution >= 0.6 is 24.0 Å². The molecule has 2 amide bonds. The highest BCUT2D eigenvalue weighted by Gasteiger charge is 2.42. The molecule has 0 unspecified atom stereocenters. The van der Waals surface area contributed by atoms with E-state index < -0.39 is 0 Å². The van der Waals surface area contributed by atoms with Crippen molar-refractivity contribution in [3.63, 3.8) is 0 Å². The maximum absolute atomic E-state index is 12.8. The summed E-state index contributed by atoms with van der Waals surface area (Å²) in [4.78, 5) is 32.8. The largest absolute Gasteiger partial charge is 0.355 e. The Morgan fingerprint density at radius 3 is 2.39 bits per heavy atom. The van der Waals surface area contributed by atoms with Gasteiger partial charge in [-0.2, -0.15) is 0 Å². The van der Waals surface area contributed by atoms with Gasteiger partial charge in [0.1, 0.15) is 0 Å². The molecule has 7 nitrogen and oxygen atoms in total. The summed E-state index contributed by atoms with van der Waals surface area (Å²) in [7, 11) is 5.41. The van der Waals surface area contributed by atoms with Crippen LogP contribution in [-0.2, 0) is 22.7 Å². The van der Waals surface area contributed by atoms with Gasteiger partial charge in [-0.25, -0.2) is 0 Å². The zero-order valence-electron chi connectivity index (χ0n) is 18.9. The Balaban J connectivity index is 0.00000341. The van der Waals surface area contributed by atoms with E-state index in [1.165, 1.54) is 0 Å². The summed E-state index contributed by atoms with van der Waals surface area (Å²) in [6, 6.07) is 8.21. The molecule has 2 aliphatic rings. The number of halogens is 1. The van der Waals surface area contributed by atoms with Gasteiger partial charge in [-0.1, -0.05) is 37.1 Å². The van der Waals surface area contributed by atoms with Gasteiger partial charge in [0.05, 0.1) is 5.41 Å². The Labute approximate surface area is 203 Å². The van der Waals surface area contributed by atoms with Crippen LogP contribution in [0.5, 0.6) is 0 Å². The molecule has 1 heterocycles. The lowest BCUT2D eigenvalue weighted by Gasteiger charge is -2.31. The summed E-state index contributed by atoms with van der Waals surface area (Å²) < 4.78 is 0. The van der Waals surface area contributed by atoms with E-state index >= 15 is 0 Å². The van der Waals surface area contributed by atoms with Crippen LogP contribution in [0, 0.1) is 5.41 Å². The predicted octanol–water partition coefficient (Wildman–Crippen LogP) is 2.74. The number of carbonyl (C=O) groups excluding carboxylic acids is 2. The van der Waals surface area contributed by atoms with Crippen molar-refractivity contribution >= 4 is 41.8 Å². The zero-order valence-corrected chi connectivity index (χ0v) is 21.3. The monoisotopic (exact) mass is 541 g/mol. The van der Waals surface area contributed by atoms with Crippen molar-refractivity contribution in [2.24, 2.45) is 10.4 Å². The van der Waals surface area contributed by atoms with E-state index in [1.807, 2.05) is 31.1 Å². The highest BCUT2D eigenvalue weighted by molar-refractivity contribution is 14.0. The van der Waals surface area contributed by atoms with Crippen LogP contribution in [0.15, 0.2) is 29.3 Å². The second-order valence-electron chi connectivity index (χ2n) is 8.65. The summed E-state index contributed by atoms with van der Waals surface area (Å²) in [5.41, 5.74) is 1.97. The molecular formula is C23H36IN5O2. The molecule has 1 aromatic rings. The van der Waals surface area contributed by atoms with E-state index in [2.05, 4.69) is 27.8 Å². The minimum absolute atomic E-state index is 0. The van der Waals surface area contributed by atoms with E-state index in [-0.39, 0.29) is 41.2 Å². The van der Waals surface area contributed by atoms with Gasteiger partial charge in [0.25, 0.3) is 0 Å². The molecule has 1 aromatic carbocycles. The first kappa shape index (κ1) is 25.4. The van der Waals surface area contributed by atoms with E-state index in [0.29, 0.717) is 32.0 Å². The Hall–Kier alpha value is -1.84. The molecular weight excluding hydrogens is 505 g/mol. The number of rotatable bonds is 7. The van der Waals surface area contributed by atoms with Gasteiger partial charge in [0.2, 0.25) is 11.8 Å². The molecule has 1 aliphatic heterocycles. The first-order chi connectivity index (χ1) is 14.4. The quantitative estimate of drug-likeness (QED) is 0.316. The standard InChI is InChI=1S/C23H35N5O2.HI/c1-24-22(26-17-23(12-6-7-13-23)21(30)27(2)3)25-15-18-9-4-5-10-19(18)16-28-14-8-11-20(28)29;/h4-5,9-10H,6-8,11-17H2,1-3H3,(H2,24,25,26);1H. The number of amides is 2. The third-order valence-corrected chi connectivity index (χ3v) is 6.34. The van der Waals surface area contributed by atoms with Gasteiger partial charge in [0.15, 0.2) is 5.96 Å². The van der Waals surface area contributed by atoms with Crippen LogP contribution in [0.1, 0.15) is 49.7 Å². The number of hydrogen-bond donors (Lipinski definition) is 2. The average molecular weight is 541 g/mol. The van der Waals surface area contributed by atoms with Crippen molar-refractivity contribution in [2.45, 2.75) is 51.6 Å².